The lowest BCUT2D eigenvalue weighted by Gasteiger charge is -1.96. The molecule has 0 fully saturated rings. The Morgan fingerprint density at radius 1 is 1.27 bits per heavy atom. The second-order valence-electron chi connectivity index (χ2n) is 2.41. The average Bonchev–Trinajstić information content (AvgIpc) is 1.93. The molecule has 1 aromatic rings. The summed E-state index contributed by atoms with van der Waals surface area (Å²) in [4.78, 5) is 11.7. The molecule has 0 saturated heterocycles. The highest BCUT2D eigenvalue weighted by molar-refractivity contribution is 8.13. The molecule has 0 radical (unpaired) electrons. The molecule has 58 valence electrons. The first-order valence-corrected chi connectivity index (χ1v) is 4.25. The Kier molecular flexibility index (Phi) is 2.71. The van der Waals surface area contributed by atoms with Crippen LogP contribution in [0, 0.1) is 6.92 Å². The Morgan fingerprint density at radius 3 is 2.27 bits per heavy atom. The van der Waals surface area contributed by atoms with Crippen molar-refractivity contribution in [1.82, 2.24) is 0 Å². The maximum Gasteiger partial charge on any atom is 0.190 e. The number of thioether (sulfide) groups is 1. The molecule has 0 atom stereocenters. The molecule has 0 aliphatic rings. The quantitative estimate of drug-likeness (QED) is 0.596. The van der Waals surface area contributed by atoms with Gasteiger partial charge in [0.05, 0.1) is 0 Å². The maximum atomic E-state index is 10.7. The van der Waals surface area contributed by atoms with Gasteiger partial charge in [-0.15, -0.1) is 0 Å². The first-order valence-electron chi connectivity index (χ1n) is 3.43. The normalized spacial score (nSPS) is 9.64. The zero-order valence-corrected chi connectivity index (χ0v) is 7.44. The number of rotatable bonds is 1. The molecular weight excluding hydrogens is 156 g/mol. The monoisotopic (exact) mass is 166 g/mol. The van der Waals surface area contributed by atoms with Crippen LogP contribution in [0.2, 0.25) is 0 Å². The van der Waals surface area contributed by atoms with Gasteiger partial charge in [-0.1, -0.05) is 29.5 Å². The van der Waals surface area contributed by atoms with Crippen molar-refractivity contribution >= 4 is 16.9 Å². The van der Waals surface area contributed by atoms with Crippen molar-refractivity contribution in [2.24, 2.45) is 0 Å². The molecule has 0 amide bonds. The molecule has 0 spiro atoms. The summed E-state index contributed by atoms with van der Waals surface area (Å²) in [5, 5.41) is 0.133. The number of hydrogen-bond donors (Lipinski definition) is 0. The van der Waals surface area contributed by atoms with Crippen molar-refractivity contribution in [3.63, 3.8) is 0 Å². The van der Waals surface area contributed by atoms with E-state index < -0.39 is 0 Å². The van der Waals surface area contributed by atoms with E-state index in [0.717, 1.165) is 4.90 Å². The summed E-state index contributed by atoms with van der Waals surface area (Å²) >= 11 is 1.27. The van der Waals surface area contributed by atoms with E-state index in [1.54, 1.807) is 6.92 Å². The molecule has 0 aliphatic carbocycles. The van der Waals surface area contributed by atoms with E-state index in [1.165, 1.54) is 17.3 Å². The Balaban J connectivity index is 2.74. The van der Waals surface area contributed by atoms with E-state index in [0.29, 0.717) is 0 Å². The van der Waals surface area contributed by atoms with Crippen molar-refractivity contribution in [3.8, 4) is 0 Å². The molecule has 0 unspecified atom stereocenters. The Morgan fingerprint density at radius 2 is 1.82 bits per heavy atom. The minimum absolute atomic E-state index is 0.133. The summed E-state index contributed by atoms with van der Waals surface area (Å²) in [6, 6.07) is 7.93. The average molecular weight is 166 g/mol. The van der Waals surface area contributed by atoms with Crippen molar-refractivity contribution in [1.29, 1.82) is 0 Å². The standard InChI is InChI=1S/C9H10OS/c1-7-3-5-9(6-4-7)11-8(2)10/h3-6H,1-2H3. The summed E-state index contributed by atoms with van der Waals surface area (Å²) in [5.41, 5.74) is 1.22. The SMILES string of the molecule is CC(=O)Sc1ccc(C)cc1. The van der Waals surface area contributed by atoms with Crippen molar-refractivity contribution in [2.75, 3.05) is 0 Å². The lowest BCUT2D eigenvalue weighted by molar-refractivity contribution is -0.109. The van der Waals surface area contributed by atoms with Crippen LogP contribution in [0.5, 0.6) is 0 Å². The van der Waals surface area contributed by atoms with Gasteiger partial charge in [-0.25, -0.2) is 0 Å². The van der Waals surface area contributed by atoms with Crippen LogP contribution in [-0.2, 0) is 4.79 Å². The minimum Gasteiger partial charge on any atom is -0.287 e. The number of carbonyl (C=O) groups excluding carboxylic acids is 1. The predicted molar refractivity (Wildman–Crippen MR) is 47.7 cm³/mol. The topological polar surface area (TPSA) is 17.1 Å². The highest BCUT2D eigenvalue weighted by Gasteiger charge is 1.95. The Labute approximate surface area is 70.8 Å². The highest BCUT2D eigenvalue weighted by atomic mass is 32.2. The summed E-state index contributed by atoms with van der Waals surface area (Å²) in [6.45, 7) is 3.60. The Bertz CT molecular complexity index is 251. The second-order valence-corrected chi connectivity index (χ2v) is 3.66. The number of hydrogen-bond acceptors (Lipinski definition) is 2. The number of aryl methyl sites for hydroxylation is 1. The van der Waals surface area contributed by atoms with Gasteiger partial charge in [-0.3, -0.25) is 4.79 Å². The molecule has 0 saturated carbocycles. The molecule has 0 aromatic heterocycles. The van der Waals surface area contributed by atoms with Crippen LogP contribution in [0.4, 0.5) is 0 Å². The highest BCUT2D eigenvalue weighted by Crippen LogP contribution is 2.18. The smallest absolute Gasteiger partial charge is 0.190 e. The van der Waals surface area contributed by atoms with Gasteiger partial charge >= 0.3 is 0 Å². The summed E-state index contributed by atoms with van der Waals surface area (Å²) in [5.74, 6) is 0. The van der Waals surface area contributed by atoms with E-state index in [-0.39, 0.29) is 5.12 Å². The lowest BCUT2D eigenvalue weighted by atomic mass is 10.2. The van der Waals surface area contributed by atoms with Crippen LogP contribution in [-0.4, -0.2) is 5.12 Å². The molecule has 0 aliphatic heterocycles. The van der Waals surface area contributed by atoms with Gasteiger partial charge in [-0.2, -0.15) is 0 Å². The van der Waals surface area contributed by atoms with Gasteiger partial charge in [0.2, 0.25) is 0 Å². The van der Waals surface area contributed by atoms with Gasteiger partial charge in [0.1, 0.15) is 0 Å². The molecule has 1 rings (SSSR count). The van der Waals surface area contributed by atoms with Crippen molar-refractivity contribution < 1.29 is 4.79 Å². The van der Waals surface area contributed by atoms with Crippen LogP contribution in [0.25, 0.3) is 0 Å². The molecule has 0 N–H and O–H groups in total. The summed E-state index contributed by atoms with van der Waals surface area (Å²) < 4.78 is 0. The van der Waals surface area contributed by atoms with E-state index in [9.17, 15) is 4.79 Å². The first-order chi connectivity index (χ1) is 5.18. The van der Waals surface area contributed by atoms with Gasteiger partial charge in [0.25, 0.3) is 0 Å². The van der Waals surface area contributed by atoms with Crippen LogP contribution >= 0.6 is 11.8 Å². The van der Waals surface area contributed by atoms with Gasteiger partial charge in [-0.05, 0) is 19.1 Å². The summed E-state index contributed by atoms with van der Waals surface area (Å²) in [7, 11) is 0. The van der Waals surface area contributed by atoms with E-state index in [2.05, 4.69) is 0 Å². The third kappa shape index (κ3) is 2.76. The fourth-order valence-corrected chi connectivity index (χ4v) is 1.38. The van der Waals surface area contributed by atoms with Crippen molar-refractivity contribution in [3.05, 3.63) is 29.8 Å². The molecule has 11 heavy (non-hydrogen) atoms. The van der Waals surface area contributed by atoms with E-state index >= 15 is 0 Å². The number of carbonyl (C=O) groups is 1. The van der Waals surface area contributed by atoms with Gasteiger partial charge < -0.3 is 0 Å². The second kappa shape index (κ2) is 3.58. The molecule has 2 heteroatoms. The largest absolute Gasteiger partial charge is 0.287 e. The zero-order chi connectivity index (χ0) is 8.27. The fourth-order valence-electron chi connectivity index (χ4n) is 0.772. The lowest BCUT2D eigenvalue weighted by Crippen LogP contribution is -1.80. The van der Waals surface area contributed by atoms with Crippen LogP contribution in [0.1, 0.15) is 12.5 Å². The predicted octanol–water partition coefficient (Wildman–Crippen LogP) is 2.63. The van der Waals surface area contributed by atoms with Gasteiger partial charge in [0.15, 0.2) is 5.12 Å². The Hall–Kier alpha value is -0.760. The maximum absolute atomic E-state index is 10.7. The molecule has 0 bridgehead atoms. The summed E-state index contributed by atoms with van der Waals surface area (Å²) in [6.07, 6.45) is 0. The molecular formula is C9H10OS. The third-order valence-corrected chi connectivity index (χ3v) is 2.08. The van der Waals surface area contributed by atoms with Gasteiger partial charge in [0, 0.05) is 11.8 Å². The third-order valence-electron chi connectivity index (χ3n) is 1.28. The van der Waals surface area contributed by atoms with E-state index in [1.807, 2.05) is 31.2 Å². The minimum atomic E-state index is 0.133. The van der Waals surface area contributed by atoms with Crippen LogP contribution in [0.3, 0.4) is 0 Å². The van der Waals surface area contributed by atoms with Crippen LogP contribution < -0.4 is 0 Å². The fraction of sp³-hybridized carbons (Fsp3) is 0.222. The zero-order valence-electron chi connectivity index (χ0n) is 6.63. The molecule has 1 aromatic carbocycles. The molecule has 1 nitrogen and oxygen atoms in total. The number of benzene rings is 1. The first kappa shape index (κ1) is 8.34. The van der Waals surface area contributed by atoms with E-state index in [4.69, 9.17) is 0 Å². The van der Waals surface area contributed by atoms with Crippen LogP contribution in [0.15, 0.2) is 29.2 Å². The molecule has 0 heterocycles. The van der Waals surface area contributed by atoms with Crippen molar-refractivity contribution in [2.45, 2.75) is 18.7 Å².